The van der Waals surface area contributed by atoms with Crippen LogP contribution in [-0.2, 0) is 4.74 Å². The fourth-order valence-corrected chi connectivity index (χ4v) is 2.41. The van der Waals surface area contributed by atoms with Crippen LogP contribution in [0.5, 0.6) is 0 Å². The van der Waals surface area contributed by atoms with E-state index in [2.05, 4.69) is 22.6 Å². The zero-order chi connectivity index (χ0) is 10.5. The molecule has 0 aliphatic carbocycles. The molecule has 0 spiro atoms. The van der Waals surface area contributed by atoms with Crippen molar-refractivity contribution in [3.8, 4) is 0 Å². The van der Waals surface area contributed by atoms with E-state index in [1.165, 1.54) is 19.5 Å². The summed E-state index contributed by atoms with van der Waals surface area (Å²) in [5, 5.41) is 7.00. The SMILES string of the molecule is CN1CCC(CNCC2COCCN2)C1. The maximum absolute atomic E-state index is 5.41. The van der Waals surface area contributed by atoms with Crippen LogP contribution in [-0.4, -0.2) is 63.9 Å². The lowest BCUT2D eigenvalue weighted by atomic mass is 10.1. The van der Waals surface area contributed by atoms with E-state index in [0.29, 0.717) is 6.04 Å². The lowest BCUT2D eigenvalue weighted by molar-refractivity contribution is 0.0765. The van der Waals surface area contributed by atoms with Gasteiger partial charge in [0, 0.05) is 25.7 Å². The van der Waals surface area contributed by atoms with Crippen LogP contribution in [0.2, 0.25) is 0 Å². The van der Waals surface area contributed by atoms with E-state index < -0.39 is 0 Å². The highest BCUT2D eigenvalue weighted by molar-refractivity contribution is 4.77. The molecule has 0 aromatic rings. The fourth-order valence-electron chi connectivity index (χ4n) is 2.41. The van der Waals surface area contributed by atoms with Crippen molar-refractivity contribution in [3.63, 3.8) is 0 Å². The molecule has 2 N–H and O–H groups in total. The quantitative estimate of drug-likeness (QED) is 0.661. The first-order valence-corrected chi connectivity index (χ1v) is 6.05. The number of ether oxygens (including phenoxy) is 1. The molecule has 0 radical (unpaired) electrons. The predicted octanol–water partition coefficient (Wildman–Crippen LogP) is -0.484. The summed E-state index contributed by atoms with van der Waals surface area (Å²) in [5.41, 5.74) is 0. The molecule has 2 aliphatic heterocycles. The van der Waals surface area contributed by atoms with Crippen LogP contribution in [0.4, 0.5) is 0 Å². The first kappa shape index (κ1) is 11.3. The predicted molar refractivity (Wildman–Crippen MR) is 61.1 cm³/mol. The third kappa shape index (κ3) is 3.72. The van der Waals surface area contributed by atoms with Gasteiger partial charge in [-0.05, 0) is 32.5 Å². The van der Waals surface area contributed by atoms with E-state index in [4.69, 9.17) is 4.74 Å². The molecule has 0 amide bonds. The Balaban J connectivity index is 1.54. The second-order valence-corrected chi connectivity index (χ2v) is 4.80. The van der Waals surface area contributed by atoms with Crippen LogP contribution in [0.15, 0.2) is 0 Å². The molecule has 0 bridgehead atoms. The van der Waals surface area contributed by atoms with E-state index >= 15 is 0 Å². The van der Waals surface area contributed by atoms with E-state index in [-0.39, 0.29) is 0 Å². The number of likely N-dealkylation sites (tertiary alicyclic amines) is 1. The highest BCUT2D eigenvalue weighted by atomic mass is 16.5. The van der Waals surface area contributed by atoms with Crippen molar-refractivity contribution in [2.24, 2.45) is 5.92 Å². The van der Waals surface area contributed by atoms with Gasteiger partial charge in [-0.2, -0.15) is 0 Å². The molecular formula is C11H23N3O. The summed E-state index contributed by atoms with van der Waals surface area (Å²) in [4.78, 5) is 2.41. The zero-order valence-electron chi connectivity index (χ0n) is 9.67. The molecule has 88 valence electrons. The van der Waals surface area contributed by atoms with Crippen molar-refractivity contribution in [2.45, 2.75) is 12.5 Å². The number of hydrogen-bond acceptors (Lipinski definition) is 4. The second-order valence-electron chi connectivity index (χ2n) is 4.80. The average molecular weight is 213 g/mol. The molecule has 2 atom stereocenters. The summed E-state index contributed by atoms with van der Waals surface area (Å²) in [5.74, 6) is 0.847. The fraction of sp³-hybridized carbons (Fsp3) is 1.00. The summed E-state index contributed by atoms with van der Waals surface area (Å²) in [6.07, 6.45) is 1.35. The van der Waals surface area contributed by atoms with Gasteiger partial charge in [-0.15, -0.1) is 0 Å². The first-order valence-electron chi connectivity index (χ1n) is 6.05. The normalized spacial score (nSPS) is 33.4. The summed E-state index contributed by atoms with van der Waals surface area (Å²) in [6.45, 7) is 7.43. The standard InChI is InChI=1S/C11H23N3O/c1-14-4-2-10(8-14)6-12-7-11-9-15-5-3-13-11/h10-13H,2-9H2,1H3. The Bertz CT molecular complexity index is 178. The van der Waals surface area contributed by atoms with Crippen LogP contribution >= 0.6 is 0 Å². The van der Waals surface area contributed by atoms with E-state index in [1.54, 1.807) is 0 Å². The topological polar surface area (TPSA) is 36.5 Å². The second kappa shape index (κ2) is 5.80. The summed E-state index contributed by atoms with van der Waals surface area (Å²) < 4.78 is 5.41. The minimum atomic E-state index is 0.512. The summed E-state index contributed by atoms with van der Waals surface area (Å²) >= 11 is 0. The molecule has 0 saturated carbocycles. The van der Waals surface area contributed by atoms with Crippen molar-refractivity contribution < 1.29 is 4.74 Å². The molecule has 4 nitrogen and oxygen atoms in total. The molecule has 0 aromatic heterocycles. The number of morpholine rings is 1. The van der Waals surface area contributed by atoms with Crippen molar-refractivity contribution in [1.29, 1.82) is 0 Å². The van der Waals surface area contributed by atoms with Gasteiger partial charge in [0.25, 0.3) is 0 Å². The molecule has 2 unspecified atom stereocenters. The van der Waals surface area contributed by atoms with Crippen LogP contribution in [0.25, 0.3) is 0 Å². The number of nitrogens with one attached hydrogen (secondary N) is 2. The highest BCUT2D eigenvalue weighted by Gasteiger charge is 2.19. The number of rotatable bonds is 4. The van der Waals surface area contributed by atoms with Crippen LogP contribution < -0.4 is 10.6 Å². The molecular weight excluding hydrogens is 190 g/mol. The molecule has 0 aromatic carbocycles. The maximum atomic E-state index is 5.41. The van der Waals surface area contributed by atoms with E-state index in [9.17, 15) is 0 Å². The summed E-state index contributed by atoms with van der Waals surface area (Å²) in [7, 11) is 2.20. The molecule has 2 heterocycles. The van der Waals surface area contributed by atoms with Crippen molar-refractivity contribution in [1.82, 2.24) is 15.5 Å². The van der Waals surface area contributed by atoms with Crippen molar-refractivity contribution >= 4 is 0 Å². The Labute approximate surface area is 92.4 Å². The van der Waals surface area contributed by atoms with Gasteiger partial charge in [-0.25, -0.2) is 0 Å². The lowest BCUT2D eigenvalue weighted by Crippen LogP contribution is -2.47. The third-order valence-corrected chi connectivity index (χ3v) is 3.31. The Hall–Kier alpha value is -0.160. The van der Waals surface area contributed by atoms with Crippen LogP contribution in [0, 0.1) is 5.92 Å². The van der Waals surface area contributed by atoms with Gasteiger partial charge in [-0.3, -0.25) is 0 Å². The monoisotopic (exact) mass is 213 g/mol. The minimum Gasteiger partial charge on any atom is -0.378 e. The molecule has 2 aliphatic rings. The Morgan fingerprint density at radius 2 is 2.40 bits per heavy atom. The van der Waals surface area contributed by atoms with Crippen LogP contribution in [0.3, 0.4) is 0 Å². The first-order chi connectivity index (χ1) is 7.34. The van der Waals surface area contributed by atoms with E-state index in [0.717, 1.165) is 38.8 Å². The summed E-state index contributed by atoms with van der Waals surface area (Å²) in [6, 6.07) is 0.512. The lowest BCUT2D eigenvalue weighted by Gasteiger charge is -2.24. The minimum absolute atomic E-state index is 0.512. The van der Waals surface area contributed by atoms with Gasteiger partial charge >= 0.3 is 0 Å². The van der Waals surface area contributed by atoms with Gasteiger partial charge in [0.15, 0.2) is 0 Å². The van der Waals surface area contributed by atoms with E-state index in [1.807, 2.05) is 0 Å². The smallest absolute Gasteiger partial charge is 0.0632 e. The third-order valence-electron chi connectivity index (χ3n) is 3.31. The molecule has 4 heteroatoms. The van der Waals surface area contributed by atoms with Crippen LogP contribution in [0.1, 0.15) is 6.42 Å². The van der Waals surface area contributed by atoms with Crippen molar-refractivity contribution in [2.75, 3.05) is 53.0 Å². The van der Waals surface area contributed by atoms with Crippen molar-refractivity contribution in [3.05, 3.63) is 0 Å². The Kier molecular flexibility index (Phi) is 4.38. The maximum Gasteiger partial charge on any atom is 0.0632 e. The molecule has 2 fully saturated rings. The van der Waals surface area contributed by atoms with Gasteiger partial charge in [-0.1, -0.05) is 0 Å². The number of hydrogen-bond donors (Lipinski definition) is 2. The molecule has 2 saturated heterocycles. The Morgan fingerprint density at radius 3 is 3.07 bits per heavy atom. The largest absolute Gasteiger partial charge is 0.378 e. The molecule has 15 heavy (non-hydrogen) atoms. The number of nitrogens with zero attached hydrogens (tertiary/aromatic N) is 1. The van der Waals surface area contributed by atoms with Gasteiger partial charge in [0.1, 0.15) is 0 Å². The Morgan fingerprint density at radius 1 is 1.47 bits per heavy atom. The average Bonchev–Trinajstić information content (AvgIpc) is 2.66. The zero-order valence-corrected chi connectivity index (χ0v) is 9.67. The van der Waals surface area contributed by atoms with Gasteiger partial charge < -0.3 is 20.3 Å². The highest BCUT2D eigenvalue weighted by Crippen LogP contribution is 2.12. The van der Waals surface area contributed by atoms with Gasteiger partial charge in [0.2, 0.25) is 0 Å². The molecule has 2 rings (SSSR count). The van der Waals surface area contributed by atoms with Gasteiger partial charge in [0.05, 0.1) is 13.2 Å².